The molecule has 0 saturated heterocycles. The van der Waals surface area contributed by atoms with Crippen molar-refractivity contribution in [3.8, 4) is 6.07 Å². The van der Waals surface area contributed by atoms with Gasteiger partial charge in [0.1, 0.15) is 0 Å². The molecule has 0 aromatic carbocycles. The topological polar surface area (TPSA) is 36.7 Å². The molecule has 0 bridgehead atoms. The first-order valence-corrected chi connectivity index (χ1v) is 3.53. The standard InChI is InChI=1S/C8H4F4N2/c9-7-4-14-5(1-2-13)3-6(7)8(10,11)12/h3-4H,1H2. The van der Waals surface area contributed by atoms with Crippen molar-refractivity contribution in [1.29, 1.82) is 5.26 Å². The summed E-state index contributed by atoms with van der Waals surface area (Å²) in [6.07, 6.45) is -4.56. The van der Waals surface area contributed by atoms with E-state index in [1.807, 2.05) is 0 Å². The van der Waals surface area contributed by atoms with Crippen LogP contribution in [0.15, 0.2) is 12.3 Å². The lowest BCUT2D eigenvalue weighted by atomic mass is 10.2. The van der Waals surface area contributed by atoms with Crippen molar-refractivity contribution in [3.63, 3.8) is 0 Å². The molecular formula is C8H4F4N2. The summed E-state index contributed by atoms with van der Waals surface area (Å²) in [6.45, 7) is 0. The Morgan fingerprint density at radius 3 is 2.57 bits per heavy atom. The van der Waals surface area contributed by atoms with Crippen LogP contribution in [-0.4, -0.2) is 4.98 Å². The van der Waals surface area contributed by atoms with Gasteiger partial charge in [-0.15, -0.1) is 0 Å². The normalized spacial score (nSPS) is 11.1. The quantitative estimate of drug-likeness (QED) is 0.658. The van der Waals surface area contributed by atoms with Crippen molar-refractivity contribution in [3.05, 3.63) is 29.3 Å². The number of halogens is 4. The van der Waals surface area contributed by atoms with Gasteiger partial charge >= 0.3 is 6.18 Å². The van der Waals surface area contributed by atoms with Crippen molar-refractivity contribution in [1.82, 2.24) is 4.98 Å². The van der Waals surface area contributed by atoms with Gasteiger partial charge in [0.15, 0.2) is 5.82 Å². The molecule has 0 unspecified atom stereocenters. The van der Waals surface area contributed by atoms with Crippen LogP contribution in [0.1, 0.15) is 11.3 Å². The van der Waals surface area contributed by atoms with E-state index in [1.54, 1.807) is 6.07 Å². The van der Waals surface area contributed by atoms with E-state index in [9.17, 15) is 17.6 Å². The van der Waals surface area contributed by atoms with E-state index in [1.165, 1.54) is 0 Å². The third-order valence-corrected chi connectivity index (χ3v) is 1.48. The predicted octanol–water partition coefficient (Wildman–Crippen LogP) is 2.31. The van der Waals surface area contributed by atoms with E-state index in [0.29, 0.717) is 12.3 Å². The molecule has 0 aliphatic rings. The second-order valence-corrected chi connectivity index (χ2v) is 2.49. The second-order valence-electron chi connectivity index (χ2n) is 2.49. The van der Waals surface area contributed by atoms with Gasteiger partial charge in [-0.25, -0.2) is 4.39 Å². The molecule has 0 spiro atoms. The third-order valence-electron chi connectivity index (χ3n) is 1.48. The molecule has 0 atom stereocenters. The van der Waals surface area contributed by atoms with Crippen LogP contribution < -0.4 is 0 Å². The molecule has 0 aliphatic carbocycles. The summed E-state index contributed by atoms with van der Waals surface area (Å²) in [4.78, 5) is 3.34. The van der Waals surface area contributed by atoms with Crippen LogP contribution in [0.2, 0.25) is 0 Å². The first-order chi connectivity index (χ1) is 6.45. The van der Waals surface area contributed by atoms with Gasteiger partial charge in [-0.1, -0.05) is 0 Å². The van der Waals surface area contributed by atoms with Gasteiger partial charge in [0.2, 0.25) is 0 Å². The molecule has 0 saturated carbocycles. The Bertz CT molecular complexity index is 378. The lowest BCUT2D eigenvalue weighted by Crippen LogP contribution is -2.09. The maximum absolute atomic E-state index is 12.6. The highest BCUT2D eigenvalue weighted by atomic mass is 19.4. The molecule has 0 fully saturated rings. The lowest BCUT2D eigenvalue weighted by molar-refractivity contribution is -0.140. The Morgan fingerprint density at radius 2 is 2.07 bits per heavy atom. The summed E-state index contributed by atoms with van der Waals surface area (Å²) < 4.78 is 49.0. The summed E-state index contributed by atoms with van der Waals surface area (Å²) in [5, 5.41) is 8.22. The van der Waals surface area contributed by atoms with E-state index in [2.05, 4.69) is 4.98 Å². The van der Waals surface area contributed by atoms with Crippen molar-refractivity contribution in [2.75, 3.05) is 0 Å². The van der Waals surface area contributed by atoms with Gasteiger partial charge < -0.3 is 0 Å². The third kappa shape index (κ3) is 2.19. The molecule has 0 N–H and O–H groups in total. The molecule has 1 heterocycles. The molecule has 0 aliphatic heterocycles. The van der Waals surface area contributed by atoms with Crippen LogP contribution >= 0.6 is 0 Å². The number of hydrogen-bond acceptors (Lipinski definition) is 2. The van der Waals surface area contributed by atoms with E-state index >= 15 is 0 Å². The Labute approximate surface area is 76.8 Å². The zero-order valence-electron chi connectivity index (χ0n) is 6.77. The highest BCUT2D eigenvalue weighted by molar-refractivity contribution is 5.22. The smallest absolute Gasteiger partial charge is 0.257 e. The van der Waals surface area contributed by atoms with Crippen LogP contribution in [0.5, 0.6) is 0 Å². The van der Waals surface area contributed by atoms with Crippen molar-refractivity contribution in [2.24, 2.45) is 0 Å². The van der Waals surface area contributed by atoms with Gasteiger partial charge in [0.25, 0.3) is 0 Å². The number of nitriles is 1. The van der Waals surface area contributed by atoms with Crippen LogP contribution in [0.4, 0.5) is 17.6 Å². The molecule has 2 nitrogen and oxygen atoms in total. The maximum atomic E-state index is 12.6. The second kappa shape index (κ2) is 3.62. The molecule has 0 radical (unpaired) electrons. The summed E-state index contributed by atoms with van der Waals surface area (Å²) in [5.41, 5.74) is -1.49. The number of pyridine rings is 1. The van der Waals surface area contributed by atoms with Crippen molar-refractivity contribution >= 4 is 0 Å². The first-order valence-electron chi connectivity index (χ1n) is 3.53. The van der Waals surface area contributed by atoms with E-state index in [4.69, 9.17) is 5.26 Å². The number of aromatic nitrogens is 1. The fraction of sp³-hybridized carbons (Fsp3) is 0.250. The molecule has 14 heavy (non-hydrogen) atoms. The van der Waals surface area contributed by atoms with Gasteiger partial charge in [0.05, 0.1) is 29.9 Å². The Balaban J connectivity index is 3.17. The van der Waals surface area contributed by atoms with Gasteiger partial charge in [-0.3, -0.25) is 4.98 Å². The monoisotopic (exact) mass is 204 g/mol. The minimum atomic E-state index is -4.75. The SMILES string of the molecule is N#CCc1cc(C(F)(F)F)c(F)cn1. The number of hydrogen-bond donors (Lipinski definition) is 0. The molecule has 1 rings (SSSR count). The molecule has 1 aromatic heterocycles. The van der Waals surface area contributed by atoms with Crippen LogP contribution in [0.25, 0.3) is 0 Å². The summed E-state index contributed by atoms with van der Waals surface area (Å²) >= 11 is 0. The Morgan fingerprint density at radius 1 is 1.43 bits per heavy atom. The Kier molecular flexibility index (Phi) is 2.70. The van der Waals surface area contributed by atoms with Crippen LogP contribution in [0, 0.1) is 17.1 Å². The summed E-state index contributed by atoms with van der Waals surface area (Å²) in [7, 11) is 0. The van der Waals surface area contributed by atoms with Crippen molar-refractivity contribution in [2.45, 2.75) is 12.6 Å². The van der Waals surface area contributed by atoms with Crippen molar-refractivity contribution < 1.29 is 17.6 Å². The highest BCUT2D eigenvalue weighted by Gasteiger charge is 2.34. The van der Waals surface area contributed by atoms with E-state index in [0.717, 1.165) is 0 Å². The number of rotatable bonds is 1. The summed E-state index contributed by atoms with van der Waals surface area (Å²) in [5.74, 6) is -1.43. The van der Waals surface area contributed by atoms with Crippen LogP contribution in [0.3, 0.4) is 0 Å². The highest BCUT2D eigenvalue weighted by Crippen LogP contribution is 2.31. The molecule has 6 heteroatoms. The number of alkyl halides is 3. The van der Waals surface area contributed by atoms with E-state index < -0.39 is 17.6 Å². The van der Waals surface area contributed by atoms with Gasteiger partial charge in [-0.2, -0.15) is 18.4 Å². The minimum absolute atomic E-state index is 0.0961. The maximum Gasteiger partial charge on any atom is 0.419 e. The summed E-state index contributed by atoms with van der Waals surface area (Å²) in [6, 6.07) is 2.17. The fourth-order valence-electron chi connectivity index (χ4n) is 0.877. The molecule has 1 aromatic rings. The van der Waals surface area contributed by atoms with Crippen LogP contribution in [-0.2, 0) is 12.6 Å². The van der Waals surface area contributed by atoms with Gasteiger partial charge in [-0.05, 0) is 6.07 Å². The minimum Gasteiger partial charge on any atom is -0.257 e. The number of nitrogens with zero attached hydrogens (tertiary/aromatic N) is 2. The van der Waals surface area contributed by atoms with Gasteiger partial charge in [0, 0.05) is 0 Å². The Hall–Kier alpha value is -1.64. The average Bonchev–Trinajstić information content (AvgIpc) is 2.07. The molecule has 74 valence electrons. The molecule has 0 amide bonds. The largest absolute Gasteiger partial charge is 0.419 e. The van der Waals surface area contributed by atoms with E-state index in [-0.39, 0.29) is 12.1 Å². The zero-order chi connectivity index (χ0) is 10.8. The average molecular weight is 204 g/mol. The molecular weight excluding hydrogens is 200 g/mol. The predicted molar refractivity (Wildman–Crippen MR) is 38.5 cm³/mol. The zero-order valence-corrected chi connectivity index (χ0v) is 6.77. The lowest BCUT2D eigenvalue weighted by Gasteiger charge is -2.07. The fourth-order valence-corrected chi connectivity index (χ4v) is 0.877. The first kappa shape index (κ1) is 10.4.